The fraction of sp³-hybridized carbons (Fsp3) is 0.0435. The first kappa shape index (κ1) is 19.8. The molecule has 0 aliphatic rings. The Balaban J connectivity index is 1.42. The number of hydrazone groups is 1. The number of benzene rings is 3. The zero-order chi connectivity index (χ0) is 21.6. The Morgan fingerprint density at radius 3 is 2.71 bits per heavy atom. The van der Waals surface area contributed by atoms with Crippen molar-refractivity contribution in [2.24, 2.45) is 5.10 Å². The van der Waals surface area contributed by atoms with Crippen molar-refractivity contribution in [1.82, 2.24) is 5.43 Å². The summed E-state index contributed by atoms with van der Waals surface area (Å²) in [5.74, 6) is 0.215. The number of amides is 1. The fourth-order valence-electron chi connectivity index (χ4n) is 2.95. The minimum atomic E-state index is -0.470. The van der Waals surface area contributed by atoms with E-state index in [2.05, 4.69) is 10.5 Å². The molecule has 1 amide bonds. The molecule has 0 atom stereocenters. The molecular weight excluding hydrogens is 398 g/mol. The van der Waals surface area contributed by atoms with E-state index in [1.54, 1.807) is 42.5 Å². The Kier molecular flexibility index (Phi) is 5.70. The van der Waals surface area contributed by atoms with Crippen LogP contribution in [0.5, 0.6) is 5.75 Å². The fourth-order valence-corrected chi connectivity index (χ4v) is 2.95. The maximum atomic E-state index is 12.3. The number of non-ortho nitro benzene ring substituents is 1. The minimum Gasteiger partial charge on any atom is -0.488 e. The molecule has 8 heteroatoms. The highest BCUT2D eigenvalue weighted by Gasteiger charge is 2.11. The number of carbonyl (C=O) groups is 1. The van der Waals surface area contributed by atoms with Crippen molar-refractivity contribution >= 4 is 28.8 Å². The van der Waals surface area contributed by atoms with Crippen LogP contribution in [0.4, 0.5) is 5.69 Å². The molecule has 0 spiro atoms. The molecule has 1 heterocycles. The van der Waals surface area contributed by atoms with E-state index in [0.717, 1.165) is 5.39 Å². The molecule has 0 aliphatic carbocycles. The third-order valence-corrected chi connectivity index (χ3v) is 4.45. The summed E-state index contributed by atoms with van der Waals surface area (Å²) in [4.78, 5) is 22.7. The summed E-state index contributed by atoms with van der Waals surface area (Å²) in [5, 5.41) is 15.7. The van der Waals surface area contributed by atoms with Gasteiger partial charge in [0.05, 0.1) is 11.1 Å². The summed E-state index contributed by atoms with van der Waals surface area (Å²) in [5.41, 5.74) is 4.36. The summed E-state index contributed by atoms with van der Waals surface area (Å²) in [7, 11) is 0. The number of rotatable bonds is 7. The number of nitro benzene ring substituents is 1. The highest BCUT2D eigenvalue weighted by Crippen LogP contribution is 2.20. The quantitative estimate of drug-likeness (QED) is 0.268. The first-order chi connectivity index (χ1) is 15.1. The lowest BCUT2D eigenvalue weighted by atomic mass is 10.2. The van der Waals surface area contributed by atoms with Gasteiger partial charge >= 0.3 is 5.91 Å². The summed E-state index contributed by atoms with van der Waals surface area (Å²) >= 11 is 0. The highest BCUT2D eigenvalue weighted by molar-refractivity contribution is 5.96. The predicted molar refractivity (Wildman–Crippen MR) is 115 cm³/mol. The average molecular weight is 415 g/mol. The molecule has 0 unspecified atom stereocenters. The summed E-state index contributed by atoms with van der Waals surface area (Å²) in [6.45, 7) is 0.151. The second-order valence-electron chi connectivity index (χ2n) is 6.60. The number of carbonyl (C=O) groups excluding carboxylic acids is 1. The standard InChI is InChI=1S/C23H17N3O5/c27-23(22-13-17-7-1-4-11-21(17)31-22)25-24-14-18-8-2-3-10-20(18)30-15-16-6-5-9-19(12-16)26(28)29/h1-14H,15H2,(H,25,27)/b24-14-. The van der Waals surface area contributed by atoms with Crippen molar-refractivity contribution in [2.45, 2.75) is 6.61 Å². The Labute approximate surface area is 176 Å². The number of nitrogens with zero attached hydrogens (tertiary/aromatic N) is 2. The van der Waals surface area contributed by atoms with Gasteiger partial charge in [-0.05, 0) is 29.8 Å². The van der Waals surface area contributed by atoms with Crippen LogP contribution in [0.3, 0.4) is 0 Å². The van der Waals surface area contributed by atoms with Crippen LogP contribution in [0.15, 0.2) is 88.4 Å². The van der Waals surface area contributed by atoms with Gasteiger partial charge in [-0.1, -0.05) is 42.5 Å². The molecule has 1 aromatic heterocycles. The molecular formula is C23H17N3O5. The molecule has 1 N–H and O–H groups in total. The van der Waals surface area contributed by atoms with Crippen molar-refractivity contribution < 1.29 is 18.9 Å². The van der Waals surface area contributed by atoms with E-state index in [1.807, 2.05) is 24.3 Å². The normalized spacial score (nSPS) is 11.0. The number of nitrogens with one attached hydrogen (secondary N) is 1. The molecule has 0 saturated carbocycles. The molecule has 4 aromatic rings. The molecule has 0 saturated heterocycles. The van der Waals surface area contributed by atoms with E-state index >= 15 is 0 Å². The number of furan rings is 1. The van der Waals surface area contributed by atoms with Crippen molar-refractivity contribution in [3.8, 4) is 5.75 Å². The van der Waals surface area contributed by atoms with Crippen molar-refractivity contribution in [2.75, 3.05) is 0 Å². The smallest absolute Gasteiger partial charge is 0.307 e. The molecule has 0 aliphatic heterocycles. The first-order valence-electron chi connectivity index (χ1n) is 9.37. The lowest BCUT2D eigenvalue weighted by Gasteiger charge is -2.09. The molecule has 3 aromatic carbocycles. The van der Waals surface area contributed by atoms with Gasteiger partial charge in [-0.2, -0.15) is 5.10 Å². The average Bonchev–Trinajstić information content (AvgIpc) is 3.23. The third-order valence-electron chi connectivity index (χ3n) is 4.45. The minimum absolute atomic E-state index is 0.00393. The van der Waals surface area contributed by atoms with Gasteiger partial charge < -0.3 is 9.15 Å². The maximum absolute atomic E-state index is 12.3. The van der Waals surface area contributed by atoms with Crippen LogP contribution in [-0.4, -0.2) is 17.0 Å². The van der Waals surface area contributed by atoms with Crippen LogP contribution in [0, 0.1) is 10.1 Å². The van der Waals surface area contributed by atoms with Gasteiger partial charge in [0.25, 0.3) is 5.69 Å². The van der Waals surface area contributed by atoms with E-state index in [9.17, 15) is 14.9 Å². The lowest BCUT2D eigenvalue weighted by molar-refractivity contribution is -0.384. The summed E-state index contributed by atoms with van der Waals surface area (Å²) in [6, 6.07) is 22.4. The molecule has 8 nitrogen and oxygen atoms in total. The SMILES string of the molecule is O=C(N/N=C\c1ccccc1OCc1cccc([N+](=O)[O-])c1)c1cc2ccccc2o1. The first-order valence-corrected chi connectivity index (χ1v) is 9.37. The van der Waals surface area contributed by atoms with Gasteiger partial charge in [-0.25, -0.2) is 5.43 Å². The highest BCUT2D eigenvalue weighted by atomic mass is 16.6. The number of para-hydroxylation sites is 2. The van der Waals surface area contributed by atoms with Crippen LogP contribution in [0.2, 0.25) is 0 Å². The largest absolute Gasteiger partial charge is 0.488 e. The van der Waals surface area contributed by atoms with E-state index in [1.165, 1.54) is 18.3 Å². The van der Waals surface area contributed by atoms with Crippen molar-refractivity contribution in [3.63, 3.8) is 0 Å². The molecule has 31 heavy (non-hydrogen) atoms. The van der Waals surface area contributed by atoms with E-state index in [4.69, 9.17) is 9.15 Å². The number of fused-ring (bicyclic) bond motifs is 1. The van der Waals surface area contributed by atoms with Gasteiger partial charge in [-0.15, -0.1) is 0 Å². The monoisotopic (exact) mass is 415 g/mol. The van der Waals surface area contributed by atoms with Crippen LogP contribution in [0.25, 0.3) is 11.0 Å². The van der Waals surface area contributed by atoms with E-state index in [-0.39, 0.29) is 18.1 Å². The molecule has 154 valence electrons. The zero-order valence-electron chi connectivity index (χ0n) is 16.2. The van der Waals surface area contributed by atoms with Gasteiger partial charge in [0.2, 0.25) is 0 Å². The maximum Gasteiger partial charge on any atom is 0.307 e. The summed E-state index contributed by atoms with van der Waals surface area (Å²) < 4.78 is 11.3. The second-order valence-corrected chi connectivity index (χ2v) is 6.60. The number of nitro groups is 1. The number of hydrogen-bond acceptors (Lipinski definition) is 6. The van der Waals surface area contributed by atoms with Crippen LogP contribution >= 0.6 is 0 Å². The molecule has 0 radical (unpaired) electrons. The van der Waals surface area contributed by atoms with Gasteiger partial charge in [-0.3, -0.25) is 14.9 Å². The van der Waals surface area contributed by atoms with Crippen LogP contribution in [-0.2, 0) is 6.61 Å². The second kappa shape index (κ2) is 8.91. The molecule has 4 rings (SSSR count). The topological polar surface area (TPSA) is 107 Å². The Morgan fingerprint density at radius 2 is 1.87 bits per heavy atom. The van der Waals surface area contributed by atoms with Crippen LogP contribution in [0.1, 0.15) is 21.7 Å². The molecule has 0 fully saturated rings. The predicted octanol–water partition coefficient (Wildman–Crippen LogP) is 4.68. The van der Waals surface area contributed by atoms with Crippen LogP contribution < -0.4 is 10.2 Å². The van der Waals surface area contributed by atoms with E-state index in [0.29, 0.717) is 22.5 Å². The van der Waals surface area contributed by atoms with Crippen molar-refractivity contribution in [3.05, 3.63) is 106 Å². The van der Waals surface area contributed by atoms with E-state index < -0.39 is 10.8 Å². The lowest BCUT2D eigenvalue weighted by Crippen LogP contribution is -2.16. The Bertz CT molecular complexity index is 1250. The zero-order valence-corrected chi connectivity index (χ0v) is 16.2. The van der Waals surface area contributed by atoms with Gasteiger partial charge in [0.1, 0.15) is 17.9 Å². The van der Waals surface area contributed by atoms with Gasteiger partial charge in [0, 0.05) is 23.1 Å². The number of hydrogen-bond donors (Lipinski definition) is 1. The Hall–Kier alpha value is -4.46. The van der Waals surface area contributed by atoms with Crippen molar-refractivity contribution in [1.29, 1.82) is 0 Å². The van der Waals surface area contributed by atoms with Gasteiger partial charge in [0.15, 0.2) is 5.76 Å². The Morgan fingerprint density at radius 1 is 1.06 bits per heavy atom. The molecule has 0 bridgehead atoms. The third kappa shape index (κ3) is 4.76. The summed E-state index contributed by atoms with van der Waals surface area (Å²) in [6.07, 6.45) is 1.46. The number of ether oxygens (including phenoxy) is 1.